The fraction of sp³-hybridized carbons (Fsp3) is 0.467. The number of sulfonamides is 1. The molecule has 9 heteroatoms. The average Bonchev–Trinajstić information content (AvgIpc) is 2.55. The van der Waals surface area contributed by atoms with E-state index in [0.29, 0.717) is 25.1 Å². The largest absolute Gasteiger partial charge is 0.481 e. The summed E-state index contributed by atoms with van der Waals surface area (Å²) in [5, 5.41) is 11.7. The molecule has 132 valence electrons. The third kappa shape index (κ3) is 4.04. The number of hydrogen-bond donors (Lipinski definition) is 2. The third-order valence-electron chi connectivity index (χ3n) is 3.92. The molecule has 0 radical (unpaired) electrons. The van der Waals surface area contributed by atoms with E-state index in [0.717, 1.165) is 4.31 Å². The molecule has 2 N–H and O–H groups in total. The van der Waals surface area contributed by atoms with Crippen LogP contribution in [0.2, 0.25) is 0 Å². The van der Waals surface area contributed by atoms with Gasteiger partial charge >= 0.3 is 12.0 Å². The zero-order valence-corrected chi connectivity index (χ0v) is 14.4. The number of nitrogens with zero attached hydrogens (tertiary/aromatic N) is 2. The Morgan fingerprint density at radius 3 is 2.67 bits per heavy atom. The highest BCUT2D eigenvalue weighted by molar-refractivity contribution is 7.89. The molecule has 0 aliphatic carbocycles. The van der Waals surface area contributed by atoms with Crippen molar-refractivity contribution in [2.45, 2.75) is 17.7 Å². The average molecular weight is 355 g/mol. The summed E-state index contributed by atoms with van der Waals surface area (Å²) in [6.45, 7) is 0.627. The molecule has 1 aromatic carbocycles. The van der Waals surface area contributed by atoms with Crippen LogP contribution in [0.1, 0.15) is 12.8 Å². The molecule has 1 aromatic rings. The highest BCUT2D eigenvalue weighted by Crippen LogP contribution is 2.20. The van der Waals surface area contributed by atoms with Crippen LogP contribution < -0.4 is 5.32 Å². The van der Waals surface area contributed by atoms with Gasteiger partial charge in [-0.25, -0.2) is 17.5 Å². The summed E-state index contributed by atoms with van der Waals surface area (Å²) in [6.07, 6.45) is 1.18. The van der Waals surface area contributed by atoms with Crippen LogP contribution in [0.3, 0.4) is 0 Å². The van der Waals surface area contributed by atoms with Crippen molar-refractivity contribution in [1.29, 1.82) is 0 Å². The van der Waals surface area contributed by atoms with Crippen LogP contribution in [0.4, 0.5) is 10.5 Å². The van der Waals surface area contributed by atoms with Gasteiger partial charge in [-0.05, 0) is 31.0 Å². The lowest BCUT2D eigenvalue weighted by atomic mass is 9.99. The Labute approximate surface area is 141 Å². The maximum atomic E-state index is 12.3. The molecule has 1 heterocycles. The number of aliphatic carboxylic acids is 1. The minimum atomic E-state index is -3.59. The first kappa shape index (κ1) is 18.2. The van der Waals surface area contributed by atoms with Gasteiger partial charge in [-0.3, -0.25) is 4.79 Å². The summed E-state index contributed by atoms with van der Waals surface area (Å²) in [6, 6.07) is 5.53. The van der Waals surface area contributed by atoms with Crippen LogP contribution in [-0.2, 0) is 14.8 Å². The Hall–Kier alpha value is -2.13. The molecule has 0 spiro atoms. The van der Waals surface area contributed by atoms with E-state index >= 15 is 0 Å². The standard InChI is InChI=1S/C15H21N3O5S/c1-17(2)24(22,23)13-7-3-6-12(9-13)16-15(21)18-8-4-5-11(10-18)14(19)20/h3,6-7,9,11H,4-5,8,10H2,1-2H3,(H,16,21)(H,19,20). The topological polar surface area (TPSA) is 107 Å². The Kier molecular flexibility index (Phi) is 5.45. The number of carbonyl (C=O) groups is 2. The molecule has 0 saturated carbocycles. The maximum Gasteiger partial charge on any atom is 0.321 e. The Balaban J connectivity index is 2.11. The molecule has 1 atom stereocenters. The number of amides is 2. The van der Waals surface area contributed by atoms with E-state index in [2.05, 4.69) is 5.32 Å². The summed E-state index contributed by atoms with van der Waals surface area (Å²) in [7, 11) is -0.728. The lowest BCUT2D eigenvalue weighted by Crippen LogP contribution is -2.44. The number of carboxylic acid groups (broad SMARTS) is 1. The Bertz CT molecular complexity index is 732. The van der Waals surface area contributed by atoms with E-state index in [9.17, 15) is 18.0 Å². The third-order valence-corrected chi connectivity index (χ3v) is 5.73. The van der Waals surface area contributed by atoms with Crippen LogP contribution in [0.5, 0.6) is 0 Å². The number of carbonyl (C=O) groups excluding carboxylic acids is 1. The molecule has 1 unspecified atom stereocenters. The van der Waals surface area contributed by atoms with Crippen molar-refractivity contribution >= 4 is 27.7 Å². The van der Waals surface area contributed by atoms with Gasteiger partial charge in [-0.2, -0.15) is 0 Å². The summed E-state index contributed by atoms with van der Waals surface area (Å²) in [5.41, 5.74) is 0.348. The quantitative estimate of drug-likeness (QED) is 0.846. The molecule has 1 fully saturated rings. The lowest BCUT2D eigenvalue weighted by Gasteiger charge is -2.30. The van der Waals surface area contributed by atoms with Gasteiger partial charge in [0.25, 0.3) is 0 Å². The molecule has 0 bridgehead atoms. The van der Waals surface area contributed by atoms with Crippen molar-refractivity contribution < 1.29 is 23.1 Å². The molecular formula is C15H21N3O5S. The molecule has 1 aliphatic heterocycles. The summed E-state index contributed by atoms with van der Waals surface area (Å²) < 4.78 is 25.3. The fourth-order valence-corrected chi connectivity index (χ4v) is 3.46. The van der Waals surface area contributed by atoms with Gasteiger partial charge in [0.2, 0.25) is 10.0 Å². The number of anilines is 1. The number of piperidine rings is 1. The summed E-state index contributed by atoms with van der Waals surface area (Å²) >= 11 is 0. The number of carboxylic acids is 1. The molecule has 2 rings (SSSR count). The van der Waals surface area contributed by atoms with E-state index in [1.807, 2.05) is 0 Å². The number of hydrogen-bond acceptors (Lipinski definition) is 4. The Morgan fingerprint density at radius 1 is 1.33 bits per heavy atom. The van der Waals surface area contributed by atoms with Gasteiger partial charge in [0, 0.05) is 32.9 Å². The SMILES string of the molecule is CN(C)S(=O)(=O)c1cccc(NC(=O)N2CCCC(C(=O)O)C2)c1. The highest BCUT2D eigenvalue weighted by atomic mass is 32.2. The molecule has 24 heavy (non-hydrogen) atoms. The Morgan fingerprint density at radius 2 is 2.04 bits per heavy atom. The lowest BCUT2D eigenvalue weighted by molar-refractivity contribution is -0.143. The zero-order chi connectivity index (χ0) is 17.9. The van der Waals surface area contributed by atoms with Crippen LogP contribution >= 0.6 is 0 Å². The second-order valence-corrected chi connectivity index (χ2v) is 8.02. The minimum absolute atomic E-state index is 0.0763. The van der Waals surface area contributed by atoms with Gasteiger partial charge in [0.1, 0.15) is 0 Å². The van der Waals surface area contributed by atoms with Gasteiger partial charge in [0.05, 0.1) is 10.8 Å². The van der Waals surface area contributed by atoms with Gasteiger partial charge in [0.15, 0.2) is 0 Å². The minimum Gasteiger partial charge on any atom is -0.481 e. The van der Waals surface area contributed by atoms with Gasteiger partial charge in [-0.15, -0.1) is 0 Å². The first-order valence-electron chi connectivity index (χ1n) is 7.53. The number of likely N-dealkylation sites (tertiary alicyclic amines) is 1. The zero-order valence-electron chi connectivity index (χ0n) is 13.6. The predicted molar refractivity (Wildman–Crippen MR) is 88.3 cm³/mol. The molecule has 1 aliphatic rings. The van der Waals surface area contributed by atoms with E-state index in [1.54, 1.807) is 12.1 Å². The van der Waals surface area contributed by atoms with E-state index < -0.39 is 27.9 Å². The smallest absolute Gasteiger partial charge is 0.321 e. The normalized spacial score (nSPS) is 18.5. The molecule has 2 amide bonds. The van der Waals surface area contributed by atoms with Crippen LogP contribution in [-0.4, -0.2) is 61.9 Å². The van der Waals surface area contributed by atoms with Crippen LogP contribution in [0, 0.1) is 5.92 Å². The van der Waals surface area contributed by atoms with Gasteiger partial charge in [-0.1, -0.05) is 6.07 Å². The van der Waals surface area contributed by atoms with E-state index in [1.165, 1.54) is 31.1 Å². The van der Waals surface area contributed by atoms with E-state index in [-0.39, 0.29) is 11.4 Å². The van der Waals surface area contributed by atoms with Crippen molar-refractivity contribution in [2.75, 3.05) is 32.5 Å². The number of nitrogens with one attached hydrogen (secondary N) is 1. The summed E-state index contributed by atoms with van der Waals surface area (Å²) in [4.78, 5) is 24.9. The van der Waals surface area contributed by atoms with Crippen LogP contribution in [0.15, 0.2) is 29.2 Å². The molecule has 0 aromatic heterocycles. The highest BCUT2D eigenvalue weighted by Gasteiger charge is 2.28. The second-order valence-electron chi connectivity index (χ2n) is 5.87. The predicted octanol–water partition coefficient (Wildman–Crippen LogP) is 1.27. The monoisotopic (exact) mass is 355 g/mol. The number of benzene rings is 1. The van der Waals surface area contributed by atoms with E-state index in [4.69, 9.17) is 5.11 Å². The first-order valence-corrected chi connectivity index (χ1v) is 8.97. The maximum absolute atomic E-state index is 12.3. The molecule has 1 saturated heterocycles. The van der Waals surface area contributed by atoms with Crippen molar-refractivity contribution in [2.24, 2.45) is 5.92 Å². The fourth-order valence-electron chi connectivity index (χ4n) is 2.51. The first-order chi connectivity index (χ1) is 11.2. The van der Waals surface area contributed by atoms with Crippen LogP contribution in [0.25, 0.3) is 0 Å². The van der Waals surface area contributed by atoms with Gasteiger partial charge < -0.3 is 15.3 Å². The second kappa shape index (κ2) is 7.18. The van der Waals surface area contributed by atoms with Crippen molar-refractivity contribution in [3.05, 3.63) is 24.3 Å². The van der Waals surface area contributed by atoms with Crippen molar-refractivity contribution in [3.8, 4) is 0 Å². The molecular weight excluding hydrogens is 334 g/mol. The van der Waals surface area contributed by atoms with Crippen molar-refractivity contribution in [1.82, 2.24) is 9.21 Å². The number of rotatable bonds is 4. The summed E-state index contributed by atoms with van der Waals surface area (Å²) in [5.74, 6) is -1.48. The molecule has 8 nitrogen and oxygen atoms in total. The van der Waals surface area contributed by atoms with Crippen molar-refractivity contribution in [3.63, 3.8) is 0 Å². The number of urea groups is 1.